The summed E-state index contributed by atoms with van der Waals surface area (Å²) < 4.78 is 24.4. The maximum absolute atomic E-state index is 13.0. The lowest BCUT2D eigenvalue weighted by atomic mass is 10.3. The van der Waals surface area contributed by atoms with Gasteiger partial charge in [0.2, 0.25) is 0 Å². The van der Waals surface area contributed by atoms with Gasteiger partial charge in [-0.2, -0.15) is 8.42 Å². The number of benzene rings is 1. The second kappa shape index (κ2) is 8.40. The third-order valence-electron chi connectivity index (χ3n) is 3.01. The molecular weight excluding hydrogens is 500 g/mol. The molecule has 0 saturated heterocycles. The number of halogens is 4. The van der Waals surface area contributed by atoms with Crippen LogP contribution in [0, 0.1) is 10.1 Å². The van der Waals surface area contributed by atoms with E-state index in [0.29, 0.717) is 4.31 Å². The molecule has 27 heavy (non-hydrogen) atoms. The Kier molecular flexibility index (Phi) is 7.05. The van der Waals surface area contributed by atoms with Gasteiger partial charge >= 0.3 is 5.69 Å². The number of alkyl halides is 3. The molecule has 0 atom stereocenters. The van der Waals surface area contributed by atoms with Gasteiger partial charge in [-0.1, -0.05) is 75.9 Å². The summed E-state index contributed by atoms with van der Waals surface area (Å²) in [4.78, 5) is 12.5. The van der Waals surface area contributed by atoms with Crippen LogP contribution in [0.3, 0.4) is 0 Å². The van der Waals surface area contributed by atoms with Crippen molar-refractivity contribution in [2.45, 2.75) is 3.12 Å². The number of hydrogen-bond donors (Lipinski definition) is 0. The van der Waals surface area contributed by atoms with E-state index in [9.17, 15) is 18.5 Å². The molecule has 0 bridgehead atoms. The number of hydrogen-bond acceptors (Lipinski definition) is 7. The zero-order valence-electron chi connectivity index (χ0n) is 13.6. The molecule has 0 unspecified atom stereocenters. The average Bonchev–Trinajstić information content (AvgIpc) is 2.84. The van der Waals surface area contributed by atoms with Crippen LogP contribution in [-0.4, -0.2) is 30.6 Å². The van der Waals surface area contributed by atoms with Crippen LogP contribution in [-0.2, 0) is 9.06 Å². The summed E-state index contributed by atoms with van der Waals surface area (Å²) in [5.41, 5.74) is -0.678. The fraction of sp³-hybridized carbons (Fsp3) is 0.231. The molecule has 0 amide bonds. The van der Waals surface area contributed by atoms with E-state index in [1.54, 1.807) is 32.3 Å². The lowest BCUT2D eigenvalue weighted by molar-refractivity contribution is -0.382. The molecule has 0 aliphatic heterocycles. The molecule has 0 N–H and O–H groups in total. The molecule has 0 aliphatic carbocycles. The van der Waals surface area contributed by atoms with Gasteiger partial charge in [-0.25, -0.2) is 4.31 Å². The fourth-order valence-electron chi connectivity index (χ4n) is 2.11. The second-order valence-corrected chi connectivity index (χ2v) is 13.4. The Hall–Kier alpha value is -0.620. The minimum absolute atomic E-state index is 0.00781. The van der Waals surface area contributed by atoms with E-state index in [1.165, 1.54) is 17.0 Å². The van der Waals surface area contributed by atoms with Gasteiger partial charge in [0.05, 0.1) is 10.6 Å². The van der Waals surface area contributed by atoms with Crippen molar-refractivity contribution in [3.63, 3.8) is 0 Å². The Labute approximate surface area is 183 Å². The van der Waals surface area contributed by atoms with Gasteiger partial charge in [0, 0.05) is 24.9 Å². The van der Waals surface area contributed by atoms with Crippen LogP contribution in [0.25, 0.3) is 0 Å². The predicted molar refractivity (Wildman–Crippen MR) is 116 cm³/mol. The molecule has 1 heterocycles. The van der Waals surface area contributed by atoms with Crippen molar-refractivity contribution in [1.29, 1.82) is 0 Å². The SMILES string of the molecule is CN(C)c1sc(Cl)c(N(c2ccccc2)S(=O)(=O)SC(Cl)(Cl)Cl)c1[N+](=O)[O-]. The monoisotopic (exact) mass is 509 g/mol. The number of nitro groups is 1. The molecule has 7 nitrogen and oxygen atoms in total. The Morgan fingerprint density at radius 1 is 1.19 bits per heavy atom. The van der Waals surface area contributed by atoms with E-state index in [1.807, 2.05) is 0 Å². The topological polar surface area (TPSA) is 83.8 Å². The highest BCUT2D eigenvalue weighted by Gasteiger charge is 2.42. The van der Waals surface area contributed by atoms with Gasteiger partial charge in [0.1, 0.15) is 4.34 Å². The minimum Gasteiger partial charge on any atom is -0.364 e. The predicted octanol–water partition coefficient (Wildman–Crippen LogP) is 5.82. The summed E-state index contributed by atoms with van der Waals surface area (Å²) in [5.74, 6) is 0. The number of thiophene rings is 1. The van der Waals surface area contributed by atoms with Crippen molar-refractivity contribution >= 4 is 99.7 Å². The number of anilines is 3. The van der Waals surface area contributed by atoms with Crippen LogP contribution in [0.4, 0.5) is 22.1 Å². The van der Waals surface area contributed by atoms with Crippen molar-refractivity contribution in [3.8, 4) is 0 Å². The summed E-state index contributed by atoms with van der Waals surface area (Å²) in [7, 11) is -1.26. The quantitative estimate of drug-likeness (QED) is 0.210. The van der Waals surface area contributed by atoms with Gasteiger partial charge < -0.3 is 4.90 Å². The fourth-order valence-corrected chi connectivity index (χ4v) is 8.18. The third-order valence-corrected chi connectivity index (χ3v) is 9.13. The average molecular weight is 511 g/mol. The van der Waals surface area contributed by atoms with Crippen molar-refractivity contribution in [2.75, 3.05) is 23.3 Å². The molecule has 14 heteroatoms. The summed E-state index contributed by atoms with van der Waals surface area (Å²) in [6.45, 7) is 0. The Balaban J connectivity index is 2.83. The van der Waals surface area contributed by atoms with Crippen molar-refractivity contribution < 1.29 is 13.3 Å². The Morgan fingerprint density at radius 2 is 1.74 bits per heavy atom. The van der Waals surface area contributed by atoms with Crippen LogP contribution in [0.15, 0.2) is 30.3 Å². The Bertz CT molecular complexity index is 946. The van der Waals surface area contributed by atoms with E-state index < -0.39 is 22.8 Å². The highest BCUT2D eigenvalue weighted by atomic mass is 35.6. The molecule has 2 rings (SSSR count). The van der Waals surface area contributed by atoms with Crippen LogP contribution in [0.5, 0.6) is 0 Å². The van der Waals surface area contributed by atoms with Gasteiger partial charge in [0.25, 0.3) is 12.2 Å². The number of nitrogens with zero attached hydrogens (tertiary/aromatic N) is 3. The van der Waals surface area contributed by atoms with Crippen LogP contribution in [0.2, 0.25) is 4.34 Å². The van der Waals surface area contributed by atoms with Crippen molar-refractivity contribution in [1.82, 2.24) is 0 Å². The first-order valence-electron chi connectivity index (χ1n) is 6.87. The van der Waals surface area contributed by atoms with E-state index >= 15 is 0 Å². The van der Waals surface area contributed by atoms with Crippen LogP contribution < -0.4 is 9.21 Å². The van der Waals surface area contributed by atoms with E-state index in [2.05, 4.69) is 0 Å². The maximum atomic E-state index is 13.0. The normalized spacial score (nSPS) is 12.1. The van der Waals surface area contributed by atoms with E-state index in [-0.39, 0.29) is 31.5 Å². The Morgan fingerprint density at radius 3 is 2.19 bits per heavy atom. The van der Waals surface area contributed by atoms with Crippen LogP contribution >= 0.6 is 68.5 Å². The molecule has 0 radical (unpaired) electrons. The van der Waals surface area contributed by atoms with Crippen molar-refractivity contribution in [3.05, 3.63) is 44.8 Å². The molecule has 2 aromatic rings. The summed E-state index contributed by atoms with van der Waals surface area (Å²) in [5, 5.41) is 11.9. The molecule has 0 saturated carbocycles. The van der Waals surface area contributed by atoms with E-state index in [4.69, 9.17) is 46.4 Å². The third kappa shape index (κ3) is 5.26. The molecule has 1 aromatic heterocycles. The zero-order chi connectivity index (χ0) is 20.6. The van der Waals surface area contributed by atoms with Crippen molar-refractivity contribution in [2.24, 2.45) is 0 Å². The minimum atomic E-state index is -4.42. The summed E-state index contributed by atoms with van der Waals surface area (Å²) in [6, 6.07) is 7.69. The first kappa shape index (κ1) is 22.7. The van der Waals surface area contributed by atoms with E-state index in [0.717, 1.165) is 11.3 Å². The molecule has 0 fully saturated rings. The molecule has 0 spiro atoms. The van der Waals surface area contributed by atoms with Gasteiger partial charge in [-0.05, 0) is 12.1 Å². The molecule has 1 aromatic carbocycles. The van der Waals surface area contributed by atoms with Gasteiger partial charge in [-0.3, -0.25) is 10.1 Å². The summed E-state index contributed by atoms with van der Waals surface area (Å²) in [6.07, 6.45) is 0. The number of para-hydroxylation sites is 1. The first-order chi connectivity index (χ1) is 12.3. The lowest BCUT2D eigenvalue weighted by Crippen LogP contribution is -2.26. The highest BCUT2D eigenvalue weighted by Crippen LogP contribution is 2.55. The standard InChI is InChI=1S/C13H11Cl4N3O4S3/c1-18(2)12-10(20(21)22)9(11(14)25-12)19(8-6-4-3-5-7-8)27(23,24)26-13(15,16)17/h3-7H,1-2H3. The molecule has 0 aliphatic rings. The highest BCUT2D eigenvalue weighted by molar-refractivity contribution is 8.74. The number of rotatable bonds is 6. The smallest absolute Gasteiger partial charge is 0.329 e. The lowest BCUT2D eigenvalue weighted by Gasteiger charge is -2.24. The largest absolute Gasteiger partial charge is 0.364 e. The van der Waals surface area contributed by atoms with Gasteiger partial charge in [0.15, 0.2) is 10.7 Å². The second-order valence-electron chi connectivity index (χ2n) is 5.12. The van der Waals surface area contributed by atoms with Crippen LogP contribution in [0.1, 0.15) is 0 Å². The zero-order valence-corrected chi connectivity index (χ0v) is 19.1. The molecular formula is C13H11Cl4N3O4S3. The maximum Gasteiger partial charge on any atom is 0.329 e. The summed E-state index contributed by atoms with van der Waals surface area (Å²) >= 11 is 24.1. The van der Waals surface area contributed by atoms with Gasteiger partial charge in [-0.15, -0.1) is 0 Å². The first-order valence-corrected chi connectivity index (χ1v) is 12.0. The molecule has 148 valence electrons.